The molecule has 8 heteroatoms. The van der Waals surface area contributed by atoms with Crippen LogP contribution in [0.3, 0.4) is 0 Å². The SMILES string of the molecule is CC(C)N(C)C(=O)COc1ccc(OC(F)(F)F)c(Br)c1. The summed E-state index contributed by atoms with van der Waals surface area (Å²) in [6.45, 7) is 3.52. The van der Waals surface area contributed by atoms with E-state index < -0.39 is 6.36 Å². The molecule has 1 aromatic rings. The smallest absolute Gasteiger partial charge is 0.484 e. The Kier molecular flexibility index (Phi) is 5.88. The molecular formula is C13H15BrF3NO3. The summed E-state index contributed by atoms with van der Waals surface area (Å²) in [5.41, 5.74) is 0. The first-order valence-corrected chi connectivity index (χ1v) is 6.83. The molecule has 0 aliphatic heterocycles. The topological polar surface area (TPSA) is 38.8 Å². The van der Waals surface area contributed by atoms with Gasteiger partial charge in [-0.2, -0.15) is 0 Å². The van der Waals surface area contributed by atoms with Gasteiger partial charge in [-0.25, -0.2) is 0 Å². The van der Waals surface area contributed by atoms with Crippen LogP contribution in [0.1, 0.15) is 13.8 Å². The summed E-state index contributed by atoms with van der Waals surface area (Å²) in [5.74, 6) is -0.334. The van der Waals surface area contributed by atoms with Gasteiger partial charge in [0.25, 0.3) is 5.91 Å². The summed E-state index contributed by atoms with van der Waals surface area (Å²) in [7, 11) is 1.65. The van der Waals surface area contributed by atoms with Gasteiger partial charge in [-0.1, -0.05) is 0 Å². The second-order valence-electron chi connectivity index (χ2n) is 4.53. The van der Waals surface area contributed by atoms with E-state index in [4.69, 9.17) is 4.74 Å². The lowest BCUT2D eigenvalue weighted by Gasteiger charge is -2.21. The second-order valence-corrected chi connectivity index (χ2v) is 5.38. The number of hydrogen-bond acceptors (Lipinski definition) is 3. The third-order valence-electron chi connectivity index (χ3n) is 2.66. The maximum atomic E-state index is 12.1. The Morgan fingerprint density at radius 3 is 2.48 bits per heavy atom. The molecule has 0 fully saturated rings. The molecule has 0 aliphatic rings. The first-order valence-electron chi connectivity index (χ1n) is 6.04. The number of likely N-dealkylation sites (N-methyl/N-ethyl adjacent to an activating group) is 1. The minimum absolute atomic E-state index is 0.0374. The van der Waals surface area contributed by atoms with Crippen molar-refractivity contribution in [3.05, 3.63) is 22.7 Å². The fourth-order valence-corrected chi connectivity index (χ4v) is 1.75. The van der Waals surface area contributed by atoms with Crippen LogP contribution in [0.15, 0.2) is 22.7 Å². The van der Waals surface area contributed by atoms with Gasteiger partial charge in [-0.15, -0.1) is 13.2 Å². The average molecular weight is 370 g/mol. The summed E-state index contributed by atoms with van der Waals surface area (Å²) in [6.07, 6.45) is -4.76. The normalized spacial score (nSPS) is 11.4. The van der Waals surface area contributed by atoms with E-state index in [0.717, 1.165) is 6.07 Å². The van der Waals surface area contributed by atoms with E-state index in [1.165, 1.54) is 17.0 Å². The van der Waals surface area contributed by atoms with E-state index in [1.54, 1.807) is 7.05 Å². The third-order valence-corrected chi connectivity index (χ3v) is 3.28. The van der Waals surface area contributed by atoms with Gasteiger partial charge in [0.1, 0.15) is 11.5 Å². The van der Waals surface area contributed by atoms with Gasteiger partial charge in [0.15, 0.2) is 6.61 Å². The first kappa shape index (κ1) is 17.6. The number of halogens is 4. The van der Waals surface area contributed by atoms with E-state index in [-0.39, 0.29) is 34.5 Å². The van der Waals surface area contributed by atoms with E-state index in [1.807, 2.05) is 13.8 Å². The molecule has 0 bridgehead atoms. The lowest BCUT2D eigenvalue weighted by atomic mass is 10.3. The second kappa shape index (κ2) is 7.02. The average Bonchev–Trinajstić information content (AvgIpc) is 2.36. The van der Waals surface area contributed by atoms with E-state index in [2.05, 4.69) is 20.7 Å². The highest BCUT2D eigenvalue weighted by molar-refractivity contribution is 9.10. The molecule has 0 heterocycles. The number of carbonyl (C=O) groups excluding carboxylic acids is 1. The molecule has 0 atom stereocenters. The van der Waals surface area contributed by atoms with Crippen LogP contribution < -0.4 is 9.47 Å². The van der Waals surface area contributed by atoms with Crippen LogP contribution in [0, 0.1) is 0 Å². The number of benzene rings is 1. The van der Waals surface area contributed by atoms with Crippen LogP contribution in [0.2, 0.25) is 0 Å². The maximum absolute atomic E-state index is 12.1. The van der Waals surface area contributed by atoms with Gasteiger partial charge >= 0.3 is 6.36 Å². The predicted molar refractivity (Wildman–Crippen MR) is 74.2 cm³/mol. The Balaban J connectivity index is 2.66. The number of alkyl halides is 3. The highest BCUT2D eigenvalue weighted by Crippen LogP contribution is 2.33. The predicted octanol–water partition coefficient (Wildman–Crippen LogP) is 3.59. The summed E-state index contributed by atoms with van der Waals surface area (Å²) in [5, 5.41) is 0. The molecule has 4 nitrogen and oxygen atoms in total. The molecule has 0 radical (unpaired) electrons. The van der Waals surface area contributed by atoms with Gasteiger partial charge < -0.3 is 14.4 Å². The van der Waals surface area contributed by atoms with Crippen molar-refractivity contribution in [3.63, 3.8) is 0 Å². The Bertz CT molecular complexity index is 506. The van der Waals surface area contributed by atoms with Crippen LogP contribution in [0.25, 0.3) is 0 Å². The molecule has 0 unspecified atom stereocenters. The van der Waals surface area contributed by atoms with Gasteiger partial charge in [0.2, 0.25) is 0 Å². The summed E-state index contributed by atoms with van der Waals surface area (Å²) in [6, 6.07) is 3.76. The van der Waals surface area contributed by atoms with Crippen molar-refractivity contribution in [3.8, 4) is 11.5 Å². The molecule has 21 heavy (non-hydrogen) atoms. The Hall–Kier alpha value is -1.44. The maximum Gasteiger partial charge on any atom is 0.573 e. The third kappa shape index (κ3) is 5.82. The summed E-state index contributed by atoms with van der Waals surface area (Å²) < 4.78 is 45.5. The Morgan fingerprint density at radius 1 is 1.38 bits per heavy atom. The minimum Gasteiger partial charge on any atom is -0.484 e. The molecule has 0 saturated heterocycles. The fourth-order valence-electron chi connectivity index (χ4n) is 1.31. The minimum atomic E-state index is -4.76. The van der Waals surface area contributed by atoms with Gasteiger partial charge in [-0.3, -0.25) is 4.79 Å². The molecule has 1 amide bonds. The van der Waals surface area contributed by atoms with Gasteiger partial charge in [-0.05, 0) is 48.0 Å². The fraction of sp³-hybridized carbons (Fsp3) is 0.462. The number of carbonyl (C=O) groups is 1. The molecule has 0 aliphatic carbocycles. The monoisotopic (exact) mass is 369 g/mol. The lowest BCUT2D eigenvalue weighted by Crippen LogP contribution is -2.36. The Morgan fingerprint density at radius 2 is 2.00 bits per heavy atom. The van der Waals surface area contributed by atoms with Gasteiger partial charge in [0.05, 0.1) is 4.47 Å². The highest BCUT2D eigenvalue weighted by atomic mass is 79.9. The van der Waals surface area contributed by atoms with Crippen molar-refractivity contribution in [1.82, 2.24) is 4.90 Å². The van der Waals surface area contributed by atoms with Crippen molar-refractivity contribution in [1.29, 1.82) is 0 Å². The van der Waals surface area contributed by atoms with Crippen molar-refractivity contribution in [2.24, 2.45) is 0 Å². The van der Waals surface area contributed by atoms with Crippen LogP contribution >= 0.6 is 15.9 Å². The van der Waals surface area contributed by atoms with Crippen LogP contribution in [0.5, 0.6) is 11.5 Å². The molecule has 0 saturated carbocycles. The van der Waals surface area contributed by atoms with E-state index in [9.17, 15) is 18.0 Å². The van der Waals surface area contributed by atoms with Crippen LogP contribution in [-0.2, 0) is 4.79 Å². The molecule has 0 spiro atoms. The molecule has 118 valence electrons. The molecule has 1 aromatic carbocycles. The number of hydrogen-bond donors (Lipinski definition) is 0. The van der Waals surface area contributed by atoms with Crippen LogP contribution in [-0.4, -0.2) is 36.9 Å². The summed E-state index contributed by atoms with van der Waals surface area (Å²) >= 11 is 2.96. The summed E-state index contributed by atoms with van der Waals surface area (Å²) in [4.78, 5) is 13.2. The zero-order valence-electron chi connectivity index (χ0n) is 11.7. The van der Waals surface area contributed by atoms with Crippen LogP contribution in [0.4, 0.5) is 13.2 Å². The van der Waals surface area contributed by atoms with Crippen molar-refractivity contribution in [2.45, 2.75) is 26.3 Å². The van der Waals surface area contributed by atoms with Crippen molar-refractivity contribution in [2.75, 3.05) is 13.7 Å². The zero-order chi connectivity index (χ0) is 16.2. The van der Waals surface area contributed by atoms with E-state index in [0.29, 0.717) is 0 Å². The van der Waals surface area contributed by atoms with Gasteiger partial charge in [0, 0.05) is 13.1 Å². The lowest BCUT2D eigenvalue weighted by molar-refractivity contribution is -0.274. The largest absolute Gasteiger partial charge is 0.573 e. The Labute approximate surface area is 128 Å². The number of rotatable bonds is 5. The molecular weight excluding hydrogens is 355 g/mol. The molecule has 1 rings (SSSR count). The highest BCUT2D eigenvalue weighted by Gasteiger charge is 2.32. The number of amides is 1. The number of nitrogens with zero attached hydrogens (tertiary/aromatic N) is 1. The van der Waals surface area contributed by atoms with E-state index >= 15 is 0 Å². The first-order chi connectivity index (χ1) is 9.60. The quantitative estimate of drug-likeness (QED) is 0.795. The van der Waals surface area contributed by atoms with Crippen molar-refractivity contribution < 1.29 is 27.4 Å². The molecule has 0 aromatic heterocycles. The molecule has 0 N–H and O–H groups in total. The standard InChI is InChI=1S/C13H15BrF3NO3/c1-8(2)18(3)12(19)7-20-9-4-5-11(10(14)6-9)21-13(15,16)17/h4-6,8H,7H2,1-3H3. The zero-order valence-corrected chi connectivity index (χ0v) is 13.3. The number of ether oxygens (including phenoxy) is 2. The van der Waals surface area contributed by atoms with Crippen molar-refractivity contribution >= 4 is 21.8 Å².